The van der Waals surface area contributed by atoms with E-state index >= 15 is 0 Å². The van der Waals surface area contributed by atoms with E-state index in [1.807, 2.05) is 45.0 Å². The summed E-state index contributed by atoms with van der Waals surface area (Å²) in [5, 5.41) is 9.04. The number of carbonyl (C=O) groups excluding carboxylic acids is 1. The topological polar surface area (TPSA) is 44.1 Å². The summed E-state index contributed by atoms with van der Waals surface area (Å²) in [4.78, 5) is 13.8. The number of nitrogens with zero attached hydrogens (tertiary/aromatic N) is 2. The Morgan fingerprint density at radius 1 is 1.39 bits per heavy atom. The summed E-state index contributed by atoms with van der Waals surface area (Å²) in [5.74, 6) is -0.614. The molecule has 0 aliphatic carbocycles. The van der Waals surface area contributed by atoms with Crippen molar-refractivity contribution in [2.24, 2.45) is 11.8 Å². The first-order chi connectivity index (χ1) is 8.47. The van der Waals surface area contributed by atoms with Crippen LogP contribution in [0.5, 0.6) is 0 Å². The number of hydrogen-bond donors (Lipinski definition) is 0. The molecule has 0 aromatic heterocycles. The van der Waals surface area contributed by atoms with Crippen LogP contribution in [0.4, 0.5) is 0 Å². The number of nitriles is 1. The van der Waals surface area contributed by atoms with Crippen LogP contribution in [-0.2, 0) is 11.3 Å². The van der Waals surface area contributed by atoms with Crippen LogP contribution in [0.1, 0.15) is 25.0 Å². The molecule has 3 heteroatoms. The van der Waals surface area contributed by atoms with Gasteiger partial charge in [0.25, 0.3) is 0 Å². The van der Waals surface area contributed by atoms with Crippen molar-refractivity contribution in [2.45, 2.75) is 27.3 Å². The molecule has 0 saturated carbocycles. The first-order valence-electron chi connectivity index (χ1n) is 6.16. The van der Waals surface area contributed by atoms with Gasteiger partial charge in [-0.3, -0.25) is 4.79 Å². The predicted molar refractivity (Wildman–Crippen MR) is 71.6 cm³/mol. The van der Waals surface area contributed by atoms with Gasteiger partial charge in [0.2, 0.25) is 5.91 Å². The van der Waals surface area contributed by atoms with E-state index in [-0.39, 0.29) is 11.8 Å². The van der Waals surface area contributed by atoms with E-state index in [9.17, 15) is 4.79 Å². The molecule has 3 nitrogen and oxygen atoms in total. The lowest BCUT2D eigenvalue weighted by Crippen LogP contribution is -2.34. The molecule has 96 valence electrons. The van der Waals surface area contributed by atoms with Gasteiger partial charge in [-0.2, -0.15) is 5.26 Å². The van der Waals surface area contributed by atoms with Gasteiger partial charge in [0.1, 0.15) is 5.92 Å². The molecular formula is C15H20N2O. The van der Waals surface area contributed by atoms with E-state index in [0.29, 0.717) is 6.54 Å². The largest absolute Gasteiger partial charge is 0.340 e. The van der Waals surface area contributed by atoms with Gasteiger partial charge in [0, 0.05) is 13.6 Å². The minimum Gasteiger partial charge on any atom is -0.340 e. The van der Waals surface area contributed by atoms with Gasteiger partial charge in [-0.25, -0.2) is 0 Å². The van der Waals surface area contributed by atoms with Gasteiger partial charge in [-0.05, 0) is 24.0 Å². The summed E-state index contributed by atoms with van der Waals surface area (Å²) >= 11 is 0. The van der Waals surface area contributed by atoms with E-state index in [2.05, 4.69) is 6.07 Å². The second-order valence-electron chi connectivity index (χ2n) is 4.97. The Bertz CT molecular complexity index is 460. The third-order valence-electron chi connectivity index (χ3n) is 3.12. The SMILES string of the molecule is Cc1ccccc1CN(C)C(=O)C(C#N)C(C)C. The summed E-state index contributed by atoms with van der Waals surface area (Å²) in [6.07, 6.45) is 0. The quantitative estimate of drug-likeness (QED) is 0.817. The molecule has 1 aromatic carbocycles. The fourth-order valence-electron chi connectivity index (χ4n) is 1.85. The lowest BCUT2D eigenvalue weighted by atomic mass is 9.96. The normalized spacial score (nSPS) is 12.0. The summed E-state index contributed by atoms with van der Waals surface area (Å²) in [6, 6.07) is 10.1. The van der Waals surface area contributed by atoms with Crippen molar-refractivity contribution in [3.63, 3.8) is 0 Å². The number of carbonyl (C=O) groups is 1. The molecule has 1 unspecified atom stereocenters. The van der Waals surface area contributed by atoms with E-state index in [1.165, 1.54) is 0 Å². The Balaban J connectivity index is 2.78. The highest BCUT2D eigenvalue weighted by Gasteiger charge is 2.24. The Morgan fingerprint density at radius 3 is 2.50 bits per heavy atom. The van der Waals surface area contributed by atoms with Crippen LogP contribution in [-0.4, -0.2) is 17.9 Å². The molecule has 0 bridgehead atoms. The molecule has 0 radical (unpaired) electrons. The van der Waals surface area contributed by atoms with E-state index in [4.69, 9.17) is 5.26 Å². The van der Waals surface area contributed by atoms with Gasteiger partial charge in [0.15, 0.2) is 0 Å². The summed E-state index contributed by atoms with van der Waals surface area (Å²) in [5.41, 5.74) is 2.28. The minimum atomic E-state index is -0.556. The van der Waals surface area contributed by atoms with Crippen LogP contribution in [0.3, 0.4) is 0 Å². The Hall–Kier alpha value is -1.82. The highest BCUT2D eigenvalue weighted by molar-refractivity contribution is 5.81. The monoisotopic (exact) mass is 244 g/mol. The van der Waals surface area contributed by atoms with Gasteiger partial charge < -0.3 is 4.90 Å². The van der Waals surface area contributed by atoms with Crippen molar-refractivity contribution in [3.8, 4) is 6.07 Å². The molecule has 0 aliphatic heterocycles. The third-order valence-corrected chi connectivity index (χ3v) is 3.12. The zero-order valence-corrected chi connectivity index (χ0v) is 11.5. The summed E-state index contributed by atoms with van der Waals surface area (Å²) < 4.78 is 0. The zero-order valence-electron chi connectivity index (χ0n) is 11.5. The van der Waals surface area contributed by atoms with E-state index < -0.39 is 5.92 Å². The molecule has 0 saturated heterocycles. The molecule has 0 heterocycles. The summed E-state index contributed by atoms with van der Waals surface area (Å²) in [7, 11) is 1.75. The lowest BCUT2D eigenvalue weighted by Gasteiger charge is -2.22. The molecule has 1 atom stereocenters. The van der Waals surface area contributed by atoms with E-state index in [1.54, 1.807) is 11.9 Å². The Labute approximate surface area is 109 Å². The highest BCUT2D eigenvalue weighted by atomic mass is 16.2. The van der Waals surface area contributed by atoms with Crippen LogP contribution in [0.2, 0.25) is 0 Å². The second-order valence-corrected chi connectivity index (χ2v) is 4.97. The molecule has 0 spiro atoms. The Morgan fingerprint density at radius 2 is 2.00 bits per heavy atom. The van der Waals surface area contributed by atoms with Crippen LogP contribution in [0.15, 0.2) is 24.3 Å². The van der Waals surface area contributed by atoms with Crippen molar-refractivity contribution < 1.29 is 4.79 Å². The van der Waals surface area contributed by atoms with Gasteiger partial charge in [-0.15, -0.1) is 0 Å². The Kier molecular flexibility index (Phi) is 4.91. The molecule has 1 aromatic rings. The zero-order chi connectivity index (χ0) is 13.7. The molecule has 0 aliphatic rings. The van der Waals surface area contributed by atoms with Crippen LogP contribution >= 0.6 is 0 Å². The molecule has 0 fully saturated rings. The van der Waals surface area contributed by atoms with Gasteiger partial charge in [-0.1, -0.05) is 38.1 Å². The van der Waals surface area contributed by atoms with Crippen LogP contribution in [0, 0.1) is 30.1 Å². The number of amides is 1. The highest BCUT2D eigenvalue weighted by Crippen LogP contribution is 2.15. The second kappa shape index (κ2) is 6.20. The van der Waals surface area contributed by atoms with Crippen molar-refractivity contribution >= 4 is 5.91 Å². The molecule has 1 amide bonds. The van der Waals surface area contributed by atoms with Crippen LogP contribution in [0.25, 0.3) is 0 Å². The fourth-order valence-corrected chi connectivity index (χ4v) is 1.85. The average Bonchev–Trinajstić information content (AvgIpc) is 2.32. The van der Waals surface area contributed by atoms with Crippen molar-refractivity contribution in [1.29, 1.82) is 5.26 Å². The number of rotatable bonds is 4. The third kappa shape index (κ3) is 3.33. The van der Waals surface area contributed by atoms with Crippen LogP contribution < -0.4 is 0 Å². The first-order valence-corrected chi connectivity index (χ1v) is 6.16. The lowest BCUT2D eigenvalue weighted by molar-refractivity contribution is -0.134. The van der Waals surface area contributed by atoms with Crippen molar-refractivity contribution in [1.82, 2.24) is 4.90 Å². The standard InChI is InChI=1S/C15H20N2O/c1-11(2)14(9-16)15(18)17(4)10-13-8-6-5-7-12(13)3/h5-8,11,14H,10H2,1-4H3. The van der Waals surface area contributed by atoms with Crippen molar-refractivity contribution in [2.75, 3.05) is 7.05 Å². The average molecular weight is 244 g/mol. The first kappa shape index (κ1) is 14.2. The molecule has 0 N–H and O–H groups in total. The number of hydrogen-bond acceptors (Lipinski definition) is 2. The number of benzene rings is 1. The van der Waals surface area contributed by atoms with Crippen molar-refractivity contribution in [3.05, 3.63) is 35.4 Å². The smallest absolute Gasteiger partial charge is 0.240 e. The maximum absolute atomic E-state index is 12.1. The molecule has 18 heavy (non-hydrogen) atoms. The predicted octanol–water partition coefficient (Wildman–Crippen LogP) is 2.75. The maximum Gasteiger partial charge on any atom is 0.240 e. The number of aryl methyl sites for hydroxylation is 1. The van der Waals surface area contributed by atoms with Gasteiger partial charge in [0.05, 0.1) is 6.07 Å². The van der Waals surface area contributed by atoms with E-state index in [0.717, 1.165) is 11.1 Å². The maximum atomic E-state index is 12.1. The summed E-state index contributed by atoms with van der Waals surface area (Å²) in [6.45, 7) is 6.37. The molecule has 1 rings (SSSR count). The molecular weight excluding hydrogens is 224 g/mol. The van der Waals surface area contributed by atoms with Gasteiger partial charge >= 0.3 is 0 Å². The minimum absolute atomic E-state index is 0.0434. The fraction of sp³-hybridized carbons (Fsp3) is 0.467.